The summed E-state index contributed by atoms with van der Waals surface area (Å²) in [5, 5.41) is 22.4. The van der Waals surface area contributed by atoms with E-state index in [9.17, 15) is 10.4 Å². The van der Waals surface area contributed by atoms with Gasteiger partial charge in [-0.1, -0.05) is 6.07 Å². The van der Waals surface area contributed by atoms with Gasteiger partial charge in [0.1, 0.15) is 6.04 Å². The third-order valence-electron chi connectivity index (χ3n) is 3.24. The molecular formula is C14H19N3O2. The molecule has 5 heteroatoms. The molecule has 1 atom stereocenters. The zero-order chi connectivity index (χ0) is 13.7. The van der Waals surface area contributed by atoms with Crippen LogP contribution in [0.15, 0.2) is 18.2 Å². The molecule has 1 unspecified atom stereocenters. The Balaban J connectivity index is 2.22. The van der Waals surface area contributed by atoms with E-state index in [1.807, 2.05) is 6.92 Å². The van der Waals surface area contributed by atoms with Gasteiger partial charge in [0.05, 0.1) is 12.7 Å². The van der Waals surface area contributed by atoms with Gasteiger partial charge in [0.2, 0.25) is 0 Å². The van der Waals surface area contributed by atoms with Crippen LogP contribution in [0.4, 0.5) is 0 Å². The smallest absolute Gasteiger partial charge is 0.161 e. The van der Waals surface area contributed by atoms with Gasteiger partial charge in [-0.15, -0.1) is 0 Å². The number of hydrogen-bond donors (Lipinski definition) is 2. The number of hydrogen-bond acceptors (Lipinski definition) is 5. The molecule has 5 nitrogen and oxygen atoms in total. The monoisotopic (exact) mass is 261 g/mol. The minimum atomic E-state index is -0.290. The van der Waals surface area contributed by atoms with E-state index in [0.717, 1.165) is 31.7 Å². The predicted octanol–water partition coefficient (Wildman–Crippen LogP) is 1.26. The molecule has 2 rings (SSSR count). The van der Waals surface area contributed by atoms with Crippen LogP contribution >= 0.6 is 0 Å². The lowest BCUT2D eigenvalue weighted by molar-refractivity contribution is 0.207. The molecule has 0 saturated carbocycles. The molecule has 1 aliphatic heterocycles. The summed E-state index contributed by atoms with van der Waals surface area (Å²) in [6.07, 6.45) is 0. The first-order chi connectivity index (χ1) is 9.26. The van der Waals surface area contributed by atoms with Gasteiger partial charge in [-0.05, 0) is 24.6 Å². The standard InChI is InChI=1S/C14H19N3O2/c1-2-19-14-9-11(3-4-13(14)18)12(10-15)17-7-5-16-6-8-17/h3-4,9,12,16,18H,2,5-8H2,1H3. The fourth-order valence-corrected chi connectivity index (χ4v) is 2.28. The second kappa shape index (κ2) is 6.41. The van der Waals surface area contributed by atoms with Gasteiger partial charge in [-0.3, -0.25) is 4.90 Å². The molecule has 1 aromatic carbocycles. The first-order valence-electron chi connectivity index (χ1n) is 6.56. The Kier molecular flexibility index (Phi) is 4.61. The maximum atomic E-state index is 9.70. The number of piperazine rings is 1. The fourth-order valence-electron chi connectivity index (χ4n) is 2.28. The average molecular weight is 261 g/mol. The minimum absolute atomic E-state index is 0.114. The van der Waals surface area contributed by atoms with Crippen LogP contribution in [0.3, 0.4) is 0 Å². The van der Waals surface area contributed by atoms with Crippen molar-refractivity contribution in [3.05, 3.63) is 23.8 Å². The summed E-state index contributed by atoms with van der Waals surface area (Å²) >= 11 is 0. The molecule has 0 amide bonds. The van der Waals surface area contributed by atoms with E-state index in [-0.39, 0.29) is 11.8 Å². The Hall–Kier alpha value is -1.77. The largest absolute Gasteiger partial charge is 0.504 e. The summed E-state index contributed by atoms with van der Waals surface area (Å²) < 4.78 is 5.37. The average Bonchev–Trinajstić information content (AvgIpc) is 2.44. The van der Waals surface area contributed by atoms with Crippen LogP contribution in [0.1, 0.15) is 18.5 Å². The van der Waals surface area contributed by atoms with E-state index in [4.69, 9.17) is 4.74 Å². The van der Waals surface area contributed by atoms with Crippen molar-refractivity contribution in [3.8, 4) is 17.6 Å². The number of aromatic hydroxyl groups is 1. The summed E-state index contributed by atoms with van der Waals surface area (Å²) in [5.41, 5.74) is 0.866. The molecule has 102 valence electrons. The Bertz CT molecular complexity index is 464. The van der Waals surface area contributed by atoms with Gasteiger partial charge in [-0.25, -0.2) is 0 Å². The first-order valence-corrected chi connectivity index (χ1v) is 6.56. The maximum Gasteiger partial charge on any atom is 0.161 e. The van der Waals surface area contributed by atoms with Gasteiger partial charge >= 0.3 is 0 Å². The van der Waals surface area contributed by atoms with Crippen molar-refractivity contribution >= 4 is 0 Å². The number of nitrogens with one attached hydrogen (secondary N) is 1. The zero-order valence-corrected chi connectivity index (χ0v) is 11.1. The number of benzene rings is 1. The Morgan fingerprint density at radius 3 is 2.84 bits per heavy atom. The molecule has 0 bridgehead atoms. The second-order valence-electron chi connectivity index (χ2n) is 4.48. The van der Waals surface area contributed by atoms with Gasteiger partial charge in [0.15, 0.2) is 11.5 Å². The molecule has 0 aromatic heterocycles. The molecule has 1 aliphatic rings. The van der Waals surface area contributed by atoms with E-state index < -0.39 is 0 Å². The van der Waals surface area contributed by atoms with E-state index >= 15 is 0 Å². The summed E-state index contributed by atoms with van der Waals surface area (Å²) in [7, 11) is 0. The molecule has 0 spiro atoms. The van der Waals surface area contributed by atoms with Gasteiger partial charge < -0.3 is 15.2 Å². The highest BCUT2D eigenvalue weighted by atomic mass is 16.5. The topological polar surface area (TPSA) is 68.5 Å². The fraction of sp³-hybridized carbons (Fsp3) is 0.500. The van der Waals surface area contributed by atoms with Crippen LogP contribution < -0.4 is 10.1 Å². The van der Waals surface area contributed by atoms with Crippen molar-refractivity contribution in [2.75, 3.05) is 32.8 Å². The highest BCUT2D eigenvalue weighted by Gasteiger charge is 2.22. The molecule has 1 fully saturated rings. The summed E-state index contributed by atoms with van der Waals surface area (Å²) in [6, 6.07) is 7.18. The SMILES string of the molecule is CCOc1cc(C(C#N)N2CCNCC2)ccc1O. The number of phenols is 1. The van der Waals surface area contributed by atoms with Crippen LogP contribution in [0, 0.1) is 11.3 Å². The molecule has 2 N–H and O–H groups in total. The van der Waals surface area contributed by atoms with Crippen LogP contribution in [0.25, 0.3) is 0 Å². The molecule has 0 aliphatic carbocycles. The lowest BCUT2D eigenvalue weighted by Gasteiger charge is -2.31. The summed E-state index contributed by atoms with van der Waals surface area (Å²) in [5.74, 6) is 0.554. The maximum absolute atomic E-state index is 9.70. The predicted molar refractivity (Wildman–Crippen MR) is 72.1 cm³/mol. The number of phenolic OH excluding ortho intramolecular Hbond substituents is 1. The minimum Gasteiger partial charge on any atom is -0.504 e. The van der Waals surface area contributed by atoms with Gasteiger partial charge in [0.25, 0.3) is 0 Å². The number of rotatable bonds is 4. The van der Waals surface area contributed by atoms with Gasteiger partial charge in [0, 0.05) is 26.2 Å². The van der Waals surface area contributed by atoms with Crippen LogP contribution in [-0.2, 0) is 0 Å². The van der Waals surface area contributed by atoms with Crippen molar-refractivity contribution in [1.82, 2.24) is 10.2 Å². The molecule has 1 saturated heterocycles. The van der Waals surface area contributed by atoms with Crippen molar-refractivity contribution in [3.63, 3.8) is 0 Å². The van der Waals surface area contributed by atoms with Crippen molar-refractivity contribution < 1.29 is 9.84 Å². The Morgan fingerprint density at radius 1 is 1.47 bits per heavy atom. The second-order valence-corrected chi connectivity index (χ2v) is 4.48. The summed E-state index contributed by atoms with van der Waals surface area (Å²) in [4.78, 5) is 2.14. The number of nitriles is 1. The summed E-state index contributed by atoms with van der Waals surface area (Å²) in [6.45, 7) is 5.85. The van der Waals surface area contributed by atoms with Gasteiger partial charge in [-0.2, -0.15) is 5.26 Å². The van der Waals surface area contributed by atoms with Crippen LogP contribution in [-0.4, -0.2) is 42.8 Å². The lowest BCUT2D eigenvalue weighted by atomic mass is 10.0. The highest BCUT2D eigenvalue weighted by Crippen LogP contribution is 2.31. The first kappa shape index (κ1) is 13.7. The van der Waals surface area contributed by atoms with E-state index in [1.54, 1.807) is 18.2 Å². The van der Waals surface area contributed by atoms with E-state index in [0.29, 0.717) is 12.4 Å². The number of ether oxygens (including phenoxy) is 1. The molecule has 19 heavy (non-hydrogen) atoms. The molecule has 1 aromatic rings. The van der Waals surface area contributed by atoms with Crippen molar-refractivity contribution in [1.29, 1.82) is 5.26 Å². The Morgan fingerprint density at radius 2 is 2.21 bits per heavy atom. The van der Waals surface area contributed by atoms with Crippen LogP contribution in [0.2, 0.25) is 0 Å². The normalized spacial score (nSPS) is 17.7. The molecule has 0 radical (unpaired) electrons. The van der Waals surface area contributed by atoms with Crippen LogP contribution in [0.5, 0.6) is 11.5 Å². The molecule has 1 heterocycles. The van der Waals surface area contributed by atoms with Crippen molar-refractivity contribution in [2.24, 2.45) is 0 Å². The third-order valence-corrected chi connectivity index (χ3v) is 3.24. The van der Waals surface area contributed by atoms with E-state index in [1.165, 1.54) is 0 Å². The van der Waals surface area contributed by atoms with Crippen molar-refractivity contribution in [2.45, 2.75) is 13.0 Å². The quantitative estimate of drug-likeness (QED) is 0.854. The molecular weight excluding hydrogens is 242 g/mol. The number of nitrogens with zero attached hydrogens (tertiary/aromatic N) is 2. The zero-order valence-electron chi connectivity index (χ0n) is 11.1. The third kappa shape index (κ3) is 3.16. The lowest BCUT2D eigenvalue weighted by Crippen LogP contribution is -2.44. The van der Waals surface area contributed by atoms with E-state index in [2.05, 4.69) is 16.3 Å². The highest BCUT2D eigenvalue weighted by molar-refractivity contribution is 5.43. The Labute approximate surface area is 113 Å².